The van der Waals surface area contributed by atoms with Crippen LogP contribution in [0.15, 0.2) is 24.3 Å². The van der Waals surface area contributed by atoms with Crippen molar-refractivity contribution in [3.8, 4) is 0 Å². The summed E-state index contributed by atoms with van der Waals surface area (Å²) in [6.45, 7) is 1.01. The van der Waals surface area contributed by atoms with Gasteiger partial charge in [-0.1, -0.05) is 19.1 Å². The van der Waals surface area contributed by atoms with Crippen molar-refractivity contribution in [1.82, 2.24) is 5.32 Å². The Morgan fingerprint density at radius 2 is 2.00 bits per heavy atom. The van der Waals surface area contributed by atoms with Crippen molar-refractivity contribution in [2.24, 2.45) is 17.8 Å². The van der Waals surface area contributed by atoms with Crippen LogP contribution in [0.5, 0.6) is 0 Å². The molecule has 0 unspecified atom stereocenters. The minimum absolute atomic E-state index is 0.153. The lowest BCUT2D eigenvalue weighted by molar-refractivity contribution is -0.490. The second-order valence-corrected chi connectivity index (χ2v) is 6.70. The van der Waals surface area contributed by atoms with Gasteiger partial charge in [0.05, 0.1) is 6.42 Å². The van der Waals surface area contributed by atoms with E-state index in [1.807, 2.05) is 0 Å². The van der Waals surface area contributed by atoms with Crippen LogP contribution in [0.3, 0.4) is 0 Å². The summed E-state index contributed by atoms with van der Waals surface area (Å²) in [5.74, 6) is -3.28. The fourth-order valence-electron chi connectivity index (χ4n) is 3.24. The molecule has 2 rings (SSSR count). The number of carbonyl (C=O) groups is 3. The maximum atomic E-state index is 12.8. The summed E-state index contributed by atoms with van der Waals surface area (Å²) in [5, 5.41) is 13.3. The number of ketones is 1. The number of nitro groups is 1. The Morgan fingerprint density at radius 1 is 1.33 bits per heavy atom. The number of hydrogen-bond donors (Lipinski definition) is 1. The van der Waals surface area contributed by atoms with Gasteiger partial charge < -0.3 is 10.1 Å². The van der Waals surface area contributed by atoms with Gasteiger partial charge in [-0.3, -0.25) is 24.5 Å². The molecule has 0 aromatic heterocycles. The Labute approximate surface area is 155 Å². The van der Waals surface area contributed by atoms with E-state index < -0.39 is 35.2 Å². The molecule has 0 radical (unpaired) electrons. The maximum Gasteiger partial charge on any atom is 0.307 e. The van der Waals surface area contributed by atoms with Crippen LogP contribution in [0.2, 0.25) is 0 Å². The molecule has 146 valence electrons. The summed E-state index contributed by atoms with van der Waals surface area (Å²) in [6.07, 6.45) is -0.0679. The number of nitrogens with zero attached hydrogens (tertiary/aromatic N) is 1. The van der Waals surface area contributed by atoms with Gasteiger partial charge in [-0.15, -0.1) is 0 Å². The van der Waals surface area contributed by atoms with Crippen molar-refractivity contribution in [3.05, 3.63) is 45.8 Å². The molecule has 0 aliphatic heterocycles. The molecule has 3 atom stereocenters. The van der Waals surface area contributed by atoms with Gasteiger partial charge in [0.15, 0.2) is 6.61 Å². The lowest BCUT2D eigenvalue weighted by Crippen LogP contribution is -2.30. The van der Waals surface area contributed by atoms with Crippen LogP contribution in [-0.2, 0) is 25.7 Å². The highest BCUT2D eigenvalue weighted by atomic mass is 19.1. The van der Waals surface area contributed by atoms with Crippen molar-refractivity contribution >= 4 is 17.7 Å². The molecule has 1 amide bonds. The normalized spacial score (nSPS) is 21.7. The van der Waals surface area contributed by atoms with Gasteiger partial charge in [0, 0.05) is 29.7 Å². The Balaban J connectivity index is 1.77. The third-order valence-electron chi connectivity index (χ3n) is 4.70. The van der Waals surface area contributed by atoms with E-state index in [4.69, 9.17) is 4.74 Å². The first kappa shape index (κ1) is 20.5. The fraction of sp³-hybridized carbons (Fsp3) is 0.500. The first-order chi connectivity index (χ1) is 12.8. The lowest BCUT2D eigenvalue weighted by Gasteiger charge is -2.17. The molecule has 8 nitrogen and oxygen atoms in total. The van der Waals surface area contributed by atoms with Crippen molar-refractivity contribution in [3.63, 3.8) is 0 Å². The summed E-state index contributed by atoms with van der Waals surface area (Å²) in [5.41, 5.74) is 0.684. The number of Topliss-reactive ketones (excluding diaryl/α,β-unsaturated/α-hetero) is 1. The average Bonchev–Trinajstić information content (AvgIpc) is 2.86. The van der Waals surface area contributed by atoms with E-state index in [9.17, 15) is 28.9 Å². The number of esters is 1. The molecule has 1 aromatic rings. The highest BCUT2D eigenvalue weighted by Gasteiger charge is 2.44. The molecule has 1 fully saturated rings. The fourth-order valence-corrected chi connectivity index (χ4v) is 3.24. The molecule has 1 aliphatic rings. The number of benzene rings is 1. The highest BCUT2D eigenvalue weighted by molar-refractivity contribution is 5.88. The highest BCUT2D eigenvalue weighted by Crippen LogP contribution is 2.36. The number of amides is 1. The number of rotatable bonds is 8. The third kappa shape index (κ3) is 6.12. The summed E-state index contributed by atoms with van der Waals surface area (Å²) >= 11 is 0. The number of ether oxygens (including phenoxy) is 1. The Kier molecular flexibility index (Phi) is 6.98. The quantitative estimate of drug-likeness (QED) is 0.415. The van der Waals surface area contributed by atoms with Crippen LogP contribution < -0.4 is 5.32 Å². The first-order valence-electron chi connectivity index (χ1n) is 8.57. The van der Waals surface area contributed by atoms with Gasteiger partial charge >= 0.3 is 5.97 Å². The van der Waals surface area contributed by atoms with Crippen LogP contribution in [0.1, 0.15) is 25.3 Å². The predicted octanol–water partition coefficient (Wildman–Crippen LogP) is 1.49. The van der Waals surface area contributed by atoms with Crippen molar-refractivity contribution < 1.29 is 28.4 Å². The molecule has 0 saturated heterocycles. The molecule has 1 aliphatic carbocycles. The smallest absolute Gasteiger partial charge is 0.307 e. The van der Waals surface area contributed by atoms with Crippen LogP contribution in [0, 0.1) is 33.7 Å². The van der Waals surface area contributed by atoms with Crippen LogP contribution in [0.4, 0.5) is 4.39 Å². The summed E-state index contributed by atoms with van der Waals surface area (Å²) in [7, 11) is 0. The molecular weight excluding hydrogens is 359 g/mol. The lowest BCUT2D eigenvalue weighted by atomic mass is 9.88. The minimum Gasteiger partial charge on any atom is -0.456 e. The van der Waals surface area contributed by atoms with Gasteiger partial charge in [0.25, 0.3) is 5.91 Å². The van der Waals surface area contributed by atoms with E-state index in [2.05, 4.69) is 5.32 Å². The number of halogens is 1. The van der Waals surface area contributed by atoms with Gasteiger partial charge in [0.2, 0.25) is 6.54 Å². The molecule has 9 heteroatoms. The van der Waals surface area contributed by atoms with E-state index >= 15 is 0 Å². The van der Waals surface area contributed by atoms with Crippen LogP contribution in [-0.4, -0.2) is 35.7 Å². The zero-order valence-electron chi connectivity index (χ0n) is 14.9. The van der Waals surface area contributed by atoms with Crippen molar-refractivity contribution in [2.75, 3.05) is 13.2 Å². The second kappa shape index (κ2) is 9.20. The van der Waals surface area contributed by atoms with Crippen LogP contribution in [0.25, 0.3) is 0 Å². The number of nitrogens with one attached hydrogen (secondary N) is 1. The monoisotopic (exact) mass is 380 g/mol. The molecule has 0 spiro atoms. The average molecular weight is 380 g/mol. The molecule has 0 bridgehead atoms. The van der Waals surface area contributed by atoms with Gasteiger partial charge in [-0.2, -0.15) is 0 Å². The van der Waals surface area contributed by atoms with Gasteiger partial charge in [-0.25, -0.2) is 4.39 Å². The molecule has 1 saturated carbocycles. The summed E-state index contributed by atoms with van der Waals surface area (Å²) in [6, 6.07) is 5.57. The van der Waals surface area contributed by atoms with Gasteiger partial charge in [0.1, 0.15) is 11.6 Å². The second-order valence-electron chi connectivity index (χ2n) is 6.70. The Bertz CT molecular complexity index is 721. The molecule has 1 N–H and O–H groups in total. The molecule has 27 heavy (non-hydrogen) atoms. The zero-order chi connectivity index (χ0) is 20.0. The largest absolute Gasteiger partial charge is 0.456 e. The zero-order valence-corrected chi connectivity index (χ0v) is 14.9. The molecular formula is C18H21FN2O6. The van der Waals surface area contributed by atoms with Crippen molar-refractivity contribution in [2.45, 2.75) is 26.3 Å². The standard InChI is InChI=1S/C18H21FN2O6/c1-11-6-16(22)14(15(11)9-21(25)26)7-18(24)27-10-17(23)20-8-12-2-4-13(19)5-3-12/h2-5,11,14-15H,6-10H2,1H3,(H,20,23)/t11-,14+,15+/m0/s1. The molecule has 0 heterocycles. The number of hydrogen-bond acceptors (Lipinski definition) is 6. The Morgan fingerprint density at radius 3 is 2.63 bits per heavy atom. The maximum absolute atomic E-state index is 12.8. The summed E-state index contributed by atoms with van der Waals surface area (Å²) in [4.78, 5) is 45.9. The number of carbonyl (C=O) groups excluding carboxylic acids is 3. The van der Waals surface area contributed by atoms with E-state index in [1.54, 1.807) is 6.92 Å². The Hall–Kier alpha value is -2.84. The summed E-state index contributed by atoms with van der Waals surface area (Å²) < 4.78 is 17.7. The van der Waals surface area contributed by atoms with E-state index in [1.165, 1.54) is 24.3 Å². The van der Waals surface area contributed by atoms with E-state index in [0.717, 1.165) is 0 Å². The topological polar surface area (TPSA) is 116 Å². The van der Waals surface area contributed by atoms with E-state index in [-0.39, 0.29) is 43.4 Å². The minimum atomic E-state index is -0.750. The van der Waals surface area contributed by atoms with Crippen LogP contribution >= 0.6 is 0 Å². The molecule has 1 aromatic carbocycles. The van der Waals surface area contributed by atoms with E-state index in [0.29, 0.717) is 5.56 Å². The SMILES string of the molecule is C[C@H]1CC(=O)[C@H](CC(=O)OCC(=O)NCc2ccc(F)cc2)[C@@H]1C[N+](=O)[O-]. The third-order valence-corrected chi connectivity index (χ3v) is 4.70. The first-order valence-corrected chi connectivity index (χ1v) is 8.57. The predicted molar refractivity (Wildman–Crippen MR) is 91.5 cm³/mol. The van der Waals surface area contributed by atoms with Crippen molar-refractivity contribution in [1.29, 1.82) is 0 Å². The van der Waals surface area contributed by atoms with Gasteiger partial charge in [-0.05, 0) is 23.6 Å².